The summed E-state index contributed by atoms with van der Waals surface area (Å²) in [5.41, 5.74) is 0.404. The van der Waals surface area contributed by atoms with Crippen molar-refractivity contribution in [2.75, 3.05) is 13.7 Å². The lowest BCUT2D eigenvalue weighted by atomic mass is 9.85. The van der Waals surface area contributed by atoms with Gasteiger partial charge in [0.2, 0.25) is 0 Å². The molecule has 1 fully saturated rings. The van der Waals surface area contributed by atoms with Crippen LogP contribution < -0.4 is 4.74 Å². The van der Waals surface area contributed by atoms with Crippen LogP contribution in [0.1, 0.15) is 33.6 Å². The highest BCUT2D eigenvalue weighted by Gasteiger charge is 2.51. The number of ether oxygens (including phenoxy) is 1. The summed E-state index contributed by atoms with van der Waals surface area (Å²) in [7, 11) is 1.51. The molecule has 2 aliphatic rings. The molecule has 3 amide bonds. The summed E-state index contributed by atoms with van der Waals surface area (Å²) in [5, 5.41) is 2.13. The Morgan fingerprint density at radius 2 is 1.52 bits per heavy atom. The van der Waals surface area contributed by atoms with Gasteiger partial charge >= 0.3 is 0 Å². The first-order chi connectivity index (χ1) is 15.8. The molecule has 2 aromatic rings. The molecule has 4 rings (SSSR count). The molecule has 0 spiro atoms. The predicted octanol–water partition coefficient (Wildman–Crippen LogP) is 4.19. The third-order valence-corrected chi connectivity index (χ3v) is 6.57. The van der Waals surface area contributed by atoms with Crippen molar-refractivity contribution in [2.24, 2.45) is 11.8 Å². The molecule has 0 radical (unpaired) electrons. The minimum Gasteiger partial charge on any atom is -0.497 e. The molecule has 1 saturated heterocycles. The van der Waals surface area contributed by atoms with Gasteiger partial charge in [0.25, 0.3) is 17.7 Å². The van der Waals surface area contributed by atoms with Gasteiger partial charge in [0, 0.05) is 11.1 Å². The number of benzene rings is 2. The molecule has 170 valence electrons. The summed E-state index contributed by atoms with van der Waals surface area (Å²) in [6, 6.07) is 10.6. The second kappa shape index (κ2) is 9.37. The topological polar surface area (TPSA) is 84.0 Å². The van der Waals surface area contributed by atoms with Crippen LogP contribution in [0.15, 0.2) is 54.6 Å². The summed E-state index contributed by atoms with van der Waals surface area (Å²) in [6.07, 6.45) is 4.52. The second-order valence-electron chi connectivity index (χ2n) is 7.79. The zero-order valence-electron chi connectivity index (χ0n) is 17.7. The van der Waals surface area contributed by atoms with Gasteiger partial charge in [-0.1, -0.05) is 35.4 Å². The smallest absolute Gasteiger partial charge is 0.273 e. The molecule has 0 aromatic heterocycles. The Labute approximate surface area is 200 Å². The summed E-state index contributed by atoms with van der Waals surface area (Å²) >= 11 is 12.0. The number of hydrazine groups is 1. The molecule has 1 aliphatic carbocycles. The summed E-state index contributed by atoms with van der Waals surface area (Å²) < 4.78 is 5.11. The maximum atomic E-state index is 13.4. The SMILES string of the molecule is COc1ccc(C(=O)CN(C(=O)c2ccc(Cl)c(Cl)c2)N2C(=O)[C@H]3CC=CC[C@@H]3C2=O)cc1. The fourth-order valence-corrected chi connectivity index (χ4v) is 4.33. The van der Waals surface area contributed by atoms with E-state index in [1.54, 1.807) is 24.3 Å². The maximum absolute atomic E-state index is 13.4. The molecule has 0 saturated carbocycles. The lowest BCUT2D eigenvalue weighted by Crippen LogP contribution is -2.52. The average Bonchev–Trinajstić information content (AvgIpc) is 3.09. The third-order valence-electron chi connectivity index (χ3n) is 5.83. The highest BCUT2D eigenvalue weighted by atomic mass is 35.5. The van der Waals surface area contributed by atoms with E-state index < -0.39 is 41.9 Å². The van der Waals surface area contributed by atoms with Gasteiger partial charge in [-0.2, -0.15) is 5.01 Å². The van der Waals surface area contributed by atoms with Crippen LogP contribution in [0.4, 0.5) is 0 Å². The minimum absolute atomic E-state index is 0.0977. The Hall–Kier alpha value is -3.16. The zero-order valence-corrected chi connectivity index (χ0v) is 19.2. The molecule has 2 atom stereocenters. The lowest BCUT2D eigenvalue weighted by Gasteiger charge is -2.30. The standard InChI is InChI=1S/C24H20Cl2N2O5/c1-33-16-9-6-14(7-10-16)21(29)13-27(22(30)15-8-11-19(25)20(26)12-15)28-23(31)17-4-2-3-5-18(17)24(28)32/h2-3,6-12,17-18H,4-5,13H2,1H3/t17-,18-/m0/s1. The van der Waals surface area contributed by atoms with Crippen LogP contribution in [0, 0.1) is 11.8 Å². The van der Waals surface area contributed by atoms with Crippen LogP contribution in [0.5, 0.6) is 5.75 Å². The Bertz CT molecular complexity index is 1140. The van der Waals surface area contributed by atoms with Crippen molar-refractivity contribution in [3.05, 3.63) is 75.8 Å². The number of amides is 3. The first-order valence-corrected chi connectivity index (χ1v) is 11.0. The predicted molar refractivity (Wildman–Crippen MR) is 122 cm³/mol. The largest absolute Gasteiger partial charge is 0.497 e. The Morgan fingerprint density at radius 1 is 0.939 bits per heavy atom. The molecular weight excluding hydrogens is 467 g/mol. The Morgan fingerprint density at radius 3 is 2.06 bits per heavy atom. The van der Waals surface area contributed by atoms with Gasteiger partial charge in [-0.15, -0.1) is 0 Å². The number of allylic oxidation sites excluding steroid dienone is 2. The number of hydrogen-bond acceptors (Lipinski definition) is 5. The lowest BCUT2D eigenvalue weighted by molar-refractivity contribution is -0.154. The Kier molecular flexibility index (Phi) is 6.54. The first kappa shape index (κ1) is 23.0. The number of halogens is 2. The zero-order chi connectivity index (χ0) is 23.7. The van der Waals surface area contributed by atoms with Crippen LogP contribution in [0.3, 0.4) is 0 Å². The van der Waals surface area contributed by atoms with E-state index in [1.807, 2.05) is 12.2 Å². The summed E-state index contributed by atoms with van der Waals surface area (Å²) in [4.78, 5) is 52.8. The van der Waals surface area contributed by atoms with E-state index >= 15 is 0 Å². The fraction of sp³-hybridized carbons (Fsp3) is 0.250. The number of Topliss-reactive ketones (excluding diaryl/α,β-unsaturated/α-hetero) is 1. The van der Waals surface area contributed by atoms with Crippen molar-refractivity contribution in [1.29, 1.82) is 0 Å². The molecule has 1 heterocycles. The number of ketones is 1. The molecule has 0 N–H and O–H groups in total. The van der Waals surface area contributed by atoms with E-state index in [0.29, 0.717) is 24.2 Å². The maximum Gasteiger partial charge on any atom is 0.273 e. The van der Waals surface area contributed by atoms with Crippen molar-refractivity contribution in [3.8, 4) is 5.75 Å². The summed E-state index contributed by atoms with van der Waals surface area (Å²) in [6.45, 7) is -0.504. The molecule has 9 heteroatoms. The van der Waals surface area contributed by atoms with Gasteiger partial charge in [0.05, 0.1) is 29.0 Å². The van der Waals surface area contributed by atoms with Crippen LogP contribution >= 0.6 is 23.2 Å². The highest BCUT2D eigenvalue weighted by Crippen LogP contribution is 2.36. The van der Waals surface area contributed by atoms with Crippen molar-refractivity contribution >= 4 is 46.7 Å². The van der Waals surface area contributed by atoms with Gasteiger partial charge in [-0.05, 0) is 55.3 Å². The summed E-state index contributed by atoms with van der Waals surface area (Å²) in [5.74, 6) is -2.68. The molecule has 0 bridgehead atoms. The number of methoxy groups -OCH3 is 1. The van der Waals surface area contributed by atoms with Crippen LogP contribution in [-0.2, 0) is 9.59 Å². The second-order valence-corrected chi connectivity index (χ2v) is 8.60. The Balaban J connectivity index is 1.69. The van der Waals surface area contributed by atoms with E-state index in [0.717, 1.165) is 10.0 Å². The van der Waals surface area contributed by atoms with E-state index in [9.17, 15) is 19.2 Å². The van der Waals surface area contributed by atoms with Gasteiger partial charge in [-0.3, -0.25) is 19.2 Å². The molecule has 7 nitrogen and oxygen atoms in total. The molecule has 33 heavy (non-hydrogen) atoms. The van der Waals surface area contributed by atoms with E-state index in [4.69, 9.17) is 27.9 Å². The fourth-order valence-electron chi connectivity index (χ4n) is 4.04. The number of rotatable bonds is 6. The molecular formula is C24H20Cl2N2O5. The quantitative estimate of drug-likeness (QED) is 0.347. The number of carbonyl (C=O) groups excluding carboxylic acids is 4. The van der Waals surface area contributed by atoms with Crippen LogP contribution in [0.25, 0.3) is 0 Å². The number of imide groups is 1. The van der Waals surface area contributed by atoms with E-state index in [1.165, 1.54) is 25.3 Å². The van der Waals surface area contributed by atoms with Gasteiger partial charge in [0.15, 0.2) is 5.78 Å². The van der Waals surface area contributed by atoms with Gasteiger partial charge < -0.3 is 4.74 Å². The van der Waals surface area contributed by atoms with Crippen molar-refractivity contribution in [1.82, 2.24) is 10.0 Å². The van der Waals surface area contributed by atoms with Crippen LogP contribution in [0.2, 0.25) is 10.0 Å². The first-order valence-electron chi connectivity index (χ1n) is 10.3. The van der Waals surface area contributed by atoms with Crippen molar-refractivity contribution < 1.29 is 23.9 Å². The average molecular weight is 487 g/mol. The molecule has 0 unspecified atom stereocenters. The molecule has 2 aromatic carbocycles. The number of hydrogen-bond donors (Lipinski definition) is 0. The minimum atomic E-state index is -0.705. The number of carbonyl (C=O) groups is 4. The van der Waals surface area contributed by atoms with Gasteiger partial charge in [-0.25, -0.2) is 5.01 Å². The van der Waals surface area contributed by atoms with E-state index in [-0.39, 0.29) is 15.6 Å². The van der Waals surface area contributed by atoms with Crippen LogP contribution in [-0.4, -0.2) is 47.2 Å². The monoisotopic (exact) mass is 486 g/mol. The van der Waals surface area contributed by atoms with Crippen molar-refractivity contribution in [2.45, 2.75) is 12.8 Å². The van der Waals surface area contributed by atoms with E-state index in [2.05, 4.69) is 0 Å². The highest BCUT2D eigenvalue weighted by molar-refractivity contribution is 6.42. The number of fused-ring (bicyclic) bond motifs is 1. The third kappa shape index (κ3) is 4.38. The molecule has 1 aliphatic heterocycles. The van der Waals surface area contributed by atoms with Crippen molar-refractivity contribution in [3.63, 3.8) is 0 Å². The van der Waals surface area contributed by atoms with Gasteiger partial charge in [0.1, 0.15) is 12.3 Å². The number of nitrogens with zero attached hydrogens (tertiary/aromatic N) is 2. The normalized spacial score (nSPS) is 19.4.